The summed E-state index contributed by atoms with van der Waals surface area (Å²) in [5.74, 6) is 0. The van der Waals surface area contributed by atoms with E-state index >= 15 is 0 Å². The fraction of sp³-hybridized carbons (Fsp3) is 0.188. The lowest BCUT2D eigenvalue weighted by Crippen LogP contribution is -1.92. The first kappa shape index (κ1) is 14.6. The molecule has 1 nitrogen and oxygen atoms in total. The van der Waals surface area contributed by atoms with Gasteiger partial charge < -0.3 is 0 Å². The average molecular weight is 382 g/mol. The van der Waals surface area contributed by atoms with E-state index in [-0.39, 0.29) is 5.12 Å². The molecule has 2 aromatic carbocycles. The highest BCUT2D eigenvalue weighted by Gasteiger charge is 2.05. The second-order valence-corrected chi connectivity index (χ2v) is 6.91. The summed E-state index contributed by atoms with van der Waals surface area (Å²) in [6, 6.07) is 16.4. The van der Waals surface area contributed by atoms with Gasteiger partial charge in [0.2, 0.25) is 5.12 Å². The van der Waals surface area contributed by atoms with E-state index in [4.69, 9.17) is 0 Å². The van der Waals surface area contributed by atoms with Gasteiger partial charge in [-0.2, -0.15) is 0 Å². The number of alkyl halides is 1. The van der Waals surface area contributed by atoms with Crippen molar-refractivity contribution in [3.8, 4) is 11.1 Å². The zero-order valence-corrected chi connectivity index (χ0v) is 13.7. The van der Waals surface area contributed by atoms with Crippen molar-refractivity contribution < 1.29 is 4.79 Å². The van der Waals surface area contributed by atoms with E-state index in [2.05, 4.69) is 53.8 Å². The molecule has 0 fully saturated rings. The third kappa shape index (κ3) is 3.83. The normalized spacial score (nSPS) is 10.4. The predicted octanol–water partition coefficient (Wildman–Crippen LogP) is 5.18. The van der Waals surface area contributed by atoms with Crippen LogP contribution in [0.4, 0.5) is 0 Å². The number of carbonyl (C=O) groups is 1. The van der Waals surface area contributed by atoms with E-state index in [1.165, 1.54) is 22.9 Å². The number of aryl methyl sites for hydroxylation is 1. The number of hydrogen-bond donors (Lipinski definition) is 0. The van der Waals surface area contributed by atoms with Crippen LogP contribution in [-0.2, 0) is 6.42 Å². The Labute approximate surface area is 131 Å². The van der Waals surface area contributed by atoms with Gasteiger partial charge in [0, 0.05) is 5.56 Å². The van der Waals surface area contributed by atoms with E-state index in [0.717, 1.165) is 21.3 Å². The topological polar surface area (TPSA) is 17.1 Å². The Morgan fingerprint density at radius 1 is 1.00 bits per heavy atom. The van der Waals surface area contributed by atoms with Crippen LogP contribution in [-0.4, -0.2) is 8.87 Å². The molecule has 2 aromatic rings. The Morgan fingerprint density at radius 3 is 2.00 bits per heavy atom. The lowest BCUT2D eigenvalue weighted by Gasteiger charge is -2.04. The Balaban J connectivity index is 2.19. The molecule has 98 valence electrons. The van der Waals surface area contributed by atoms with Gasteiger partial charge >= 0.3 is 0 Å². The van der Waals surface area contributed by atoms with Crippen LogP contribution in [0, 0.1) is 0 Å². The van der Waals surface area contributed by atoms with Crippen LogP contribution in [0.15, 0.2) is 48.5 Å². The number of rotatable bonds is 4. The van der Waals surface area contributed by atoms with Gasteiger partial charge in [-0.25, -0.2) is 0 Å². The number of benzene rings is 2. The molecular weight excluding hydrogens is 367 g/mol. The molecule has 0 saturated heterocycles. The summed E-state index contributed by atoms with van der Waals surface area (Å²) in [7, 11) is 0. The van der Waals surface area contributed by atoms with Gasteiger partial charge in [0.05, 0.1) is 3.76 Å². The predicted molar refractivity (Wildman–Crippen MR) is 92.1 cm³/mol. The maximum atomic E-state index is 11.7. The zero-order chi connectivity index (χ0) is 13.7. The van der Waals surface area contributed by atoms with Gasteiger partial charge in [-0.1, -0.05) is 77.7 Å². The molecule has 3 heteroatoms. The van der Waals surface area contributed by atoms with Crippen LogP contribution < -0.4 is 0 Å². The van der Waals surface area contributed by atoms with E-state index in [9.17, 15) is 4.79 Å². The number of halogens is 1. The zero-order valence-electron chi connectivity index (χ0n) is 10.7. The second kappa shape index (κ2) is 7.10. The molecule has 19 heavy (non-hydrogen) atoms. The number of thioether (sulfide) groups is 1. The van der Waals surface area contributed by atoms with Crippen molar-refractivity contribution >= 4 is 39.5 Å². The van der Waals surface area contributed by atoms with Crippen LogP contribution in [0.1, 0.15) is 22.8 Å². The van der Waals surface area contributed by atoms with E-state index in [1.54, 1.807) is 0 Å². The van der Waals surface area contributed by atoms with Crippen LogP contribution >= 0.6 is 34.4 Å². The lowest BCUT2D eigenvalue weighted by molar-refractivity contribution is 0.108. The van der Waals surface area contributed by atoms with Gasteiger partial charge in [0.25, 0.3) is 0 Å². The Hall–Kier alpha value is -0.810. The van der Waals surface area contributed by atoms with E-state index in [1.807, 2.05) is 24.3 Å². The molecule has 0 atom stereocenters. The first-order valence-electron chi connectivity index (χ1n) is 6.17. The average Bonchev–Trinajstić information content (AvgIpc) is 2.48. The molecule has 0 bridgehead atoms. The van der Waals surface area contributed by atoms with Crippen molar-refractivity contribution in [2.24, 2.45) is 0 Å². The summed E-state index contributed by atoms with van der Waals surface area (Å²) in [6.07, 6.45) is 1.06. The van der Waals surface area contributed by atoms with Gasteiger partial charge in [-0.05, 0) is 35.2 Å². The maximum Gasteiger partial charge on any atom is 0.220 e. The SMILES string of the molecule is CCc1ccc(-c2ccc(C(=O)SCI)cc2)cc1. The highest BCUT2D eigenvalue weighted by Crippen LogP contribution is 2.22. The fourth-order valence-corrected chi connectivity index (χ4v) is 3.11. The molecule has 0 heterocycles. The van der Waals surface area contributed by atoms with Crippen molar-refractivity contribution in [2.45, 2.75) is 13.3 Å². The standard InChI is InChI=1S/C16H15IOS/c1-2-12-3-5-13(6-4-12)14-7-9-15(10-8-14)16(18)19-11-17/h3-10H,2,11H2,1H3. The van der Waals surface area contributed by atoms with Crippen LogP contribution in [0.2, 0.25) is 0 Å². The minimum Gasteiger partial charge on any atom is -0.282 e. The van der Waals surface area contributed by atoms with Gasteiger partial charge in [-0.3, -0.25) is 4.79 Å². The summed E-state index contributed by atoms with van der Waals surface area (Å²) in [6.45, 7) is 2.15. The Morgan fingerprint density at radius 2 is 1.53 bits per heavy atom. The largest absolute Gasteiger partial charge is 0.282 e. The van der Waals surface area contributed by atoms with E-state index in [0.29, 0.717) is 0 Å². The van der Waals surface area contributed by atoms with Gasteiger partial charge in [-0.15, -0.1) is 0 Å². The highest BCUT2D eigenvalue weighted by molar-refractivity contribution is 14.1. The summed E-state index contributed by atoms with van der Waals surface area (Å²) in [5, 5.41) is 0.141. The lowest BCUT2D eigenvalue weighted by atomic mass is 10.0. The molecule has 0 spiro atoms. The molecular formula is C16H15IOS. The monoisotopic (exact) mass is 382 g/mol. The number of carbonyl (C=O) groups excluding carboxylic acids is 1. The Bertz CT molecular complexity index is 546. The molecule has 0 N–H and O–H groups in total. The summed E-state index contributed by atoms with van der Waals surface area (Å²) in [5.41, 5.74) is 4.46. The molecule has 0 radical (unpaired) electrons. The fourth-order valence-electron chi connectivity index (χ4n) is 1.86. The van der Waals surface area contributed by atoms with E-state index < -0.39 is 0 Å². The summed E-state index contributed by atoms with van der Waals surface area (Å²) < 4.78 is 0.789. The maximum absolute atomic E-state index is 11.7. The van der Waals surface area contributed by atoms with Crippen molar-refractivity contribution in [2.75, 3.05) is 3.76 Å². The third-order valence-corrected chi connectivity index (χ3v) is 4.54. The third-order valence-electron chi connectivity index (χ3n) is 3.00. The van der Waals surface area contributed by atoms with Crippen molar-refractivity contribution in [1.82, 2.24) is 0 Å². The molecule has 0 aliphatic heterocycles. The van der Waals surface area contributed by atoms with Crippen molar-refractivity contribution in [3.63, 3.8) is 0 Å². The molecule has 0 aromatic heterocycles. The first-order valence-corrected chi connectivity index (χ1v) is 8.68. The Kier molecular flexibility index (Phi) is 5.45. The van der Waals surface area contributed by atoms with Crippen LogP contribution in [0.5, 0.6) is 0 Å². The quantitative estimate of drug-likeness (QED) is 0.535. The summed E-state index contributed by atoms with van der Waals surface area (Å²) in [4.78, 5) is 11.7. The molecule has 0 aliphatic rings. The number of hydrogen-bond acceptors (Lipinski definition) is 2. The van der Waals surface area contributed by atoms with Crippen LogP contribution in [0.3, 0.4) is 0 Å². The van der Waals surface area contributed by atoms with Gasteiger partial charge in [0.15, 0.2) is 0 Å². The molecule has 0 aliphatic carbocycles. The minimum absolute atomic E-state index is 0.141. The smallest absolute Gasteiger partial charge is 0.220 e. The van der Waals surface area contributed by atoms with Crippen molar-refractivity contribution in [3.05, 3.63) is 59.7 Å². The highest BCUT2D eigenvalue weighted by atomic mass is 127. The molecule has 0 unspecified atom stereocenters. The molecule has 0 amide bonds. The molecule has 0 saturated carbocycles. The van der Waals surface area contributed by atoms with Crippen molar-refractivity contribution in [1.29, 1.82) is 0 Å². The minimum atomic E-state index is 0.141. The van der Waals surface area contributed by atoms with Gasteiger partial charge in [0.1, 0.15) is 0 Å². The molecule has 2 rings (SSSR count). The second-order valence-electron chi connectivity index (χ2n) is 4.17. The van der Waals surface area contributed by atoms with Crippen LogP contribution in [0.25, 0.3) is 11.1 Å². The first-order chi connectivity index (χ1) is 9.24. The summed E-state index contributed by atoms with van der Waals surface area (Å²) >= 11 is 3.53.